The molecule has 3 amide bonds. The minimum atomic E-state index is -0.478. The van der Waals surface area contributed by atoms with Crippen LogP contribution in [0.5, 0.6) is 0 Å². The highest BCUT2D eigenvalue weighted by Crippen LogP contribution is 2.32. The molecule has 0 aromatic heterocycles. The number of halogens is 1. The Hall–Kier alpha value is -2.23. The maximum Gasteiger partial charge on any atom is 0.293 e. The van der Waals surface area contributed by atoms with Gasteiger partial charge in [-0.1, -0.05) is 18.2 Å². The molecule has 0 aliphatic carbocycles. The highest BCUT2D eigenvalue weighted by molar-refractivity contribution is 8.18. The lowest BCUT2D eigenvalue weighted by atomic mass is 10.2. The summed E-state index contributed by atoms with van der Waals surface area (Å²) in [7, 11) is 0. The van der Waals surface area contributed by atoms with Gasteiger partial charge in [0.15, 0.2) is 0 Å². The maximum absolute atomic E-state index is 13.8. The van der Waals surface area contributed by atoms with Crippen molar-refractivity contribution in [2.45, 2.75) is 26.1 Å². The number of ether oxygens (including phenoxy) is 1. The van der Waals surface area contributed by atoms with Crippen molar-refractivity contribution in [1.82, 2.24) is 15.1 Å². The zero-order valence-corrected chi connectivity index (χ0v) is 17.2. The van der Waals surface area contributed by atoms with E-state index in [-0.39, 0.29) is 48.2 Å². The summed E-state index contributed by atoms with van der Waals surface area (Å²) >= 11 is 0.770. The Balaban J connectivity index is 1.49. The van der Waals surface area contributed by atoms with Crippen LogP contribution >= 0.6 is 11.8 Å². The highest BCUT2D eigenvalue weighted by atomic mass is 32.2. The van der Waals surface area contributed by atoms with Crippen molar-refractivity contribution in [2.75, 3.05) is 32.7 Å². The van der Waals surface area contributed by atoms with Crippen LogP contribution in [0.25, 0.3) is 6.08 Å². The predicted octanol–water partition coefficient (Wildman–Crippen LogP) is 2.09. The summed E-state index contributed by atoms with van der Waals surface area (Å²) in [5, 5.41) is 2.32. The second-order valence-corrected chi connectivity index (χ2v) is 8.15. The van der Waals surface area contributed by atoms with Gasteiger partial charge < -0.3 is 10.1 Å². The van der Waals surface area contributed by atoms with Crippen molar-refractivity contribution in [3.05, 3.63) is 40.6 Å². The lowest BCUT2D eigenvalue weighted by Gasteiger charge is -2.34. The molecule has 7 nitrogen and oxygen atoms in total. The number of benzene rings is 1. The molecule has 2 atom stereocenters. The molecule has 2 fully saturated rings. The first kappa shape index (κ1) is 21.5. The fourth-order valence-corrected chi connectivity index (χ4v) is 4.26. The number of carbonyl (C=O) groups excluding carboxylic acids is 3. The summed E-state index contributed by atoms with van der Waals surface area (Å²) in [4.78, 5) is 40.0. The molecule has 2 saturated heterocycles. The first-order valence-corrected chi connectivity index (χ1v) is 10.3. The summed E-state index contributed by atoms with van der Waals surface area (Å²) in [6.45, 7) is 5.78. The summed E-state index contributed by atoms with van der Waals surface area (Å²) in [6.07, 6.45) is 1.52. The fourth-order valence-electron chi connectivity index (χ4n) is 3.41. The molecular formula is C20H24FN3O4S. The van der Waals surface area contributed by atoms with E-state index in [1.165, 1.54) is 18.2 Å². The van der Waals surface area contributed by atoms with Crippen molar-refractivity contribution in [1.29, 1.82) is 0 Å². The van der Waals surface area contributed by atoms with Crippen molar-refractivity contribution in [3.63, 3.8) is 0 Å². The van der Waals surface area contributed by atoms with E-state index in [4.69, 9.17) is 4.74 Å². The maximum atomic E-state index is 13.8. The third-order valence-corrected chi connectivity index (χ3v) is 5.49. The van der Waals surface area contributed by atoms with Crippen LogP contribution in [0.4, 0.5) is 9.18 Å². The van der Waals surface area contributed by atoms with Gasteiger partial charge in [0.1, 0.15) is 5.82 Å². The third kappa shape index (κ3) is 5.65. The molecule has 0 bridgehead atoms. The van der Waals surface area contributed by atoms with E-state index in [2.05, 4.69) is 5.32 Å². The minimum absolute atomic E-state index is 0.0704. The van der Waals surface area contributed by atoms with Crippen LogP contribution in [-0.4, -0.2) is 71.8 Å². The van der Waals surface area contributed by atoms with Gasteiger partial charge in [-0.25, -0.2) is 4.39 Å². The molecular weight excluding hydrogens is 397 g/mol. The van der Waals surface area contributed by atoms with Gasteiger partial charge in [-0.05, 0) is 37.8 Å². The number of amides is 3. The van der Waals surface area contributed by atoms with E-state index >= 15 is 0 Å². The van der Waals surface area contributed by atoms with Crippen LogP contribution in [0.2, 0.25) is 0 Å². The molecule has 0 radical (unpaired) electrons. The number of nitrogens with one attached hydrogen (secondary N) is 1. The van der Waals surface area contributed by atoms with Gasteiger partial charge in [0.2, 0.25) is 5.91 Å². The zero-order chi connectivity index (χ0) is 21.0. The first-order valence-electron chi connectivity index (χ1n) is 9.48. The van der Waals surface area contributed by atoms with Crippen LogP contribution in [0.3, 0.4) is 0 Å². The second-order valence-electron chi connectivity index (χ2n) is 7.16. The number of nitrogens with zero attached hydrogens (tertiary/aromatic N) is 2. The molecule has 2 aliphatic rings. The van der Waals surface area contributed by atoms with Gasteiger partial charge in [0.05, 0.1) is 23.7 Å². The summed E-state index contributed by atoms with van der Waals surface area (Å²) < 4.78 is 19.4. The Morgan fingerprint density at radius 3 is 2.66 bits per heavy atom. The quantitative estimate of drug-likeness (QED) is 0.709. The van der Waals surface area contributed by atoms with Crippen LogP contribution in [0.15, 0.2) is 29.2 Å². The molecule has 0 saturated carbocycles. The lowest BCUT2D eigenvalue weighted by molar-refractivity contribution is -0.127. The number of thioether (sulfide) groups is 1. The van der Waals surface area contributed by atoms with Crippen LogP contribution in [-0.2, 0) is 14.3 Å². The van der Waals surface area contributed by atoms with E-state index in [0.717, 1.165) is 16.7 Å². The Bertz CT molecular complexity index is 822. The lowest BCUT2D eigenvalue weighted by Crippen LogP contribution is -2.49. The Morgan fingerprint density at radius 1 is 1.28 bits per heavy atom. The largest absolute Gasteiger partial charge is 0.373 e. The molecule has 2 heterocycles. The molecule has 1 N–H and O–H groups in total. The van der Waals surface area contributed by atoms with E-state index in [1.54, 1.807) is 12.1 Å². The Kier molecular flexibility index (Phi) is 7.05. The van der Waals surface area contributed by atoms with Crippen molar-refractivity contribution < 1.29 is 23.5 Å². The summed E-state index contributed by atoms with van der Waals surface area (Å²) in [5.41, 5.74) is 0.250. The predicted molar refractivity (Wildman–Crippen MR) is 109 cm³/mol. The average Bonchev–Trinajstić information content (AvgIpc) is 2.90. The molecule has 29 heavy (non-hydrogen) atoms. The molecule has 9 heteroatoms. The molecule has 2 aliphatic heterocycles. The minimum Gasteiger partial charge on any atom is -0.373 e. The zero-order valence-electron chi connectivity index (χ0n) is 16.4. The Morgan fingerprint density at radius 2 is 1.97 bits per heavy atom. The van der Waals surface area contributed by atoms with Crippen LogP contribution in [0, 0.1) is 5.82 Å². The van der Waals surface area contributed by atoms with E-state index in [0.29, 0.717) is 13.1 Å². The topological polar surface area (TPSA) is 79.0 Å². The smallest absolute Gasteiger partial charge is 0.293 e. The monoisotopic (exact) mass is 421 g/mol. The third-order valence-electron chi connectivity index (χ3n) is 4.59. The van der Waals surface area contributed by atoms with Gasteiger partial charge in [-0.2, -0.15) is 0 Å². The molecule has 0 spiro atoms. The van der Waals surface area contributed by atoms with Crippen LogP contribution in [0.1, 0.15) is 19.4 Å². The second kappa shape index (κ2) is 9.51. The SMILES string of the molecule is CC1CN(CC(=O)NCCN2C(=O)S/C(=C\c3ccccc3F)C2=O)CC(C)O1. The number of carbonyl (C=O) groups is 3. The number of hydrogen-bond acceptors (Lipinski definition) is 6. The number of morpholine rings is 1. The fraction of sp³-hybridized carbons (Fsp3) is 0.450. The van der Waals surface area contributed by atoms with E-state index < -0.39 is 17.0 Å². The molecule has 2 unspecified atom stereocenters. The van der Waals surface area contributed by atoms with Gasteiger partial charge in [0, 0.05) is 31.7 Å². The van der Waals surface area contributed by atoms with Crippen molar-refractivity contribution in [3.8, 4) is 0 Å². The number of hydrogen-bond donors (Lipinski definition) is 1. The summed E-state index contributed by atoms with van der Waals surface area (Å²) in [5.74, 6) is -1.10. The summed E-state index contributed by atoms with van der Waals surface area (Å²) in [6, 6.07) is 6.04. The standard InChI is InChI=1S/C20H24FN3O4S/c1-13-10-23(11-14(2)28-13)12-18(25)22-7-8-24-19(26)17(29-20(24)27)9-15-5-3-4-6-16(15)21/h3-6,9,13-14H,7-8,10-12H2,1-2H3,(H,22,25)/b17-9-. The number of imide groups is 1. The van der Waals surface area contributed by atoms with Gasteiger partial charge in [-0.3, -0.25) is 24.2 Å². The van der Waals surface area contributed by atoms with Crippen molar-refractivity contribution >= 4 is 34.9 Å². The average molecular weight is 421 g/mol. The van der Waals surface area contributed by atoms with Gasteiger partial charge >= 0.3 is 0 Å². The van der Waals surface area contributed by atoms with Crippen molar-refractivity contribution in [2.24, 2.45) is 0 Å². The molecule has 1 aromatic carbocycles. The van der Waals surface area contributed by atoms with E-state index in [9.17, 15) is 18.8 Å². The molecule has 3 rings (SSSR count). The van der Waals surface area contributed by atoms with Crippen LogP contribution < -0.4 is 5.32 Å². The van der Waals surface area contributed by atoms with Gasteiger partial charge in [-0.15, -0.1) is 0 Å². The normalized spacial score (nSPS) is 24.4. The number of rotatable bonds is 6. The van der Waals surface area contributed by atoms with Gasteiger partial charge in [0.25, 0.3) is 11.1 Å². The van der Waals surface area contributed by atoms with E-state index in [1.807, 2.05) is 18.7 Å². The highest BCUT2D eigenvalue weighted by Gasteiger charge is 2.35. The first-order chi connectivity index (χ1) is 13.8. The Labute approximate surface area is 173 Å². The molecule has 1 aromatic rings. The molecule has 156 valence electrons.